The number of carbonyl (C=O) groups excluding carboxylic acids is 3. The van der Waals surface area contributed by atoms with Crippen molar-refractivity contribution >= 4 is 34.9 Å². The monoisotopic (exact) mass is 447 g/mol. The summed E-state index contributed by atoms with van der Waals surface area (Å²) in [4.78, 5) is 40.8. The van der Waals surface area contributed by atoms with E-state index in [1.807, 2.05) is 0 Å². The molecule has 1 aromatic rings. The second-order valence-corrected chi connectivity index (χ2v) is 8.48. The molecule has 1 aromatic carbocycles. The van der Waals surface area contributed by atoms with E-state index in [0.717, 1.165) is 43.3 Å². The van der Waals surface area contributed by atoms with Crippen molar-refractivity contribution in [2.24, 2.45) is 0 Å². The van der Waals surface area contributed by atoms with Gasteiger partial charge in [0.1, 0.15) is 0 Å². The Labute approximate surface area is 186 Å². The molecule has 0 atom stereocenters. The summed E-state index contributed by atoms with van der Waals surface area (Å²) in [6.45, 7) is 2.64. The van der Waals surface area contributed by atoms with Gasteiger partial charge in [0.05, 0.1) is 25.7 Å². The summed E-state index contributed by atoms with van der Waals surface area (Å²) in [5.41, 5.74) is 0.730. The van der Waals surface area contributed by atoms with Crippen LogP contribution in [-0.2, 0) is 9.59 Å². The van der Waals surface area contributed by atoms with E-state index in [4.69, 9.17) is 9.47 Å². The molecule has 2 heterocycles. The lowest BCUT2D eigenvalue weighted by Crippen LogP contribution is -2.41. The van der Waals surface area contributed by atoms with E-state index in [1.165, 1.54) is 24.9 Å². The smallest absolute Gasteiger partial charge is 0.293 e. The van der Waals surface area contributed by atoms with Gasteiger partial charge in [0, 0.05) is 13.1 Å². The van der Waals surface area contributed by atoms with Gasteiger partial charge < -0.3 is 14.8 Å². The highest BCUT2D eigenvalue weighted by Crippen LogP contribution is 2.34. The highest BCUT2D eigenvalue weighted by atomic mass is 32.2. The molecule has 0 radical (unpaired) electrons. The average molecular weight is 448 g/mol. The number of likely N-dealkylation sites (tertiary alicyclic amines) is 1. The van der Waals surface area contributed by atoms with Crippen molar-refractivity contribution in [2.75, 3.05) is 46.9 Å². The Bertz CT molecular complexity index is 850. The largest absolute Gasteiger partial charge is 0.493 e. The van der Waals surface area contributed by atoms with Crippen LogP contribution in [-0.4, -0.2) is 73.8 Å². The fraction of sp³-hybridized carbons (Fsp3) is 0.500. The van der Waals surface area contributed by atoms with Crippen LogP contribution >= 0.6 is 11.8 Å². The molecule has 2 aliphatic heterocycles. The maximum atomic E-state index is 12.7. The fourth-order valence-electron chi connectivity index (χ4n) is 3.65. The molecule has 0 aliphatic carbocycles. The molecule has 3 rings (SSSR count). The van der Waals surface area contributed by atoms with E-state index in [9.17, 15) is 14.4 Å². The second-order valence-electron chi connectivity index (χ2n) is 7.49. The minimum atomic E-state index is -0.355. The van der Waals surface area contributed by atoms with Gasteiger partial charge in [-0.1, -0.05) is 18.9 Å². The molecule has 8 nitrogen and oxygen atoms in total. The van der Waals surface area contributed by atoms with Crippen LogP contribution in [0, 0.1) is 0 Å². The van der Waals surface area contributed by atoms with Crippen molar-refractivity contribution in [1.82, 2.24) is 15.1 Å². The van der Waals surface area contributed by atoms with Crippen LogP contribution in [0.4, 0.5) is 4.79 Å². The Morgan fingerprint density at radius 3 is 2.48 bits per heavy atom. The van der Waals surface area contributed by atoms with Crippen LogP contribution in [0.1, 0.15) is 31.2 Å². The fourth-order valence-corrected chi connectivity index (χ4v) is 4.51. The number of hydrogen-bond acceptors (Lipinski definition) is 7. The highest BCUT2D eigenvalue weighted by molar-refractivity contribution is 8.18. The van der Waals surface area contributed by atoms with E-state index in [0.29, 0.717) is 22.9 Å². The molecule has 0 aromatic heterocycles. The molecule has 3 amide bonds. The number of rotatable bonds is 8. The quantitative estimate of drug-likeness (QED) is 0.613. The van der Waals surface area contributed by atoms with Crippen LogP contribution < -0.4 is 14.8 Å². The lowest BCUT2D eigenvalue weighted by Gasteiger charge is -2.19. The first-order valence-electron chi connectivity index (χ1n) is 10.5. The molecule has 2 fully saturated rings. The summed E-state index contributed by atoms with van der Waals surface area (Å²) < 4.78 is 10.5. The number of carbonyl (C=O) groups is 3. The minimum absolute atomic E-state index is 0.0743. The predicted octanol–water partition coefficient (Wildman–Crippen LogP) is 2.73. The summed E-state index contributed by atoms with van der Waals surface area (Å²) in [6.07, 6.45) is 6.33. The summed E-state index contributed by atoms with van der Waals surface area (Å²) >= 11 is 0.895. The lowest BCUT2D eigenvalue weighted by molar-refractivity contribution is -0.124. The van der Waals surface area contributed by atoms with Gasteiger partial charge in [0.15, 0.2) is 11.5 Å². The van der Waals surface area contributed by atoms with Gasteiger partial charge in [0.2, 0.25) is 5.91 Å². The van der Waals surface area contributed by atoms with Crippen molar-refractivity contribution in [3.8, 4) is 11.5 Å². The Kier molecular flexibility index (Phi) is 8.36. The Morgan fingerprint density at radius 1 is 1.10 bits per heavy atom. The number of methoxy groups -OCH3 is 2. The van der Waals surface area contributed by atoms with Gasteiger partial charge in [-0.25, -0.2) is 0 Å². The summed E-state index contributed by atoms with van der Waals surface area (Å²) in [5, 5.41) is 2.49. The zero-order valence-electron chi connectivity index (χ0n) is 18.0. The van der Waals surface area contributed by atoms with Gasteiger partial charge in [0.25, 0.3) is 11.1 Å². The molecule has 2 aliphatic rings. The Hall–Kier alpha value is -2.52. The SMILES string of the molecule is COc1ccc(/C=C2/SC(=O)N(CCNC(=O)CN3CCCCCC3)C2=O)cc1OC. The van der Waals surface area contributed by atoms with Crippen molar-refractivity contribution in [3.63, 3.8) is 0 Å². The van der Waals surface area contributed by atoms with Gasteiger partial charge in [-0.2, -0.15) is 0 Å². The van der Waals surface area contributed by atoms with E-state index >= 15 is 0 Å². The number of benzene rings is 1. The van der Waals surface area contributed by atoms with Crippen LogP contribution in [0.3, 0.4) is 0 Å². The number of nitrogens with one attached hydrogen (secondary N) is 1. The van der Waals surface area contributed by atoms with Gasteiger partial charge >= 0.3 is 0 Å². The summed E-state index contributed by atoms with van der Waals surface area (Å²) in [6, 6.07) is 5.28. The number of hydrogen-bond donors (Lipinski definition) is 1. The Balaban J connectivity index is 1.53. The molecular weight excluding hydrogens is 418 g/mol. The standard InChI is InChI=1S/C22H29N3O5S/c1-29-17-8-7-16(13-18(17)30-2)14-19-21(27)25(22(28)31-19)12-9-23-20(26)15-24-10-5-3-4-6-11-24/h7-8,13-14H,3-6,9-12,15H2,1-2H3,(H,23,26)/b19-14+. The summed E-state index contributed by atoms with van der Waals surface area (Å²) in [7, 11) is 3.09. The zero-order chi connectivity index (χ0) is 22.2. The molecule has 1 N–H and O–H groups in total. The molecule has 0 saturated carbocycles. The zero-order valence-corrected chi connectivity index (χ0v) is 18.8. The topological polar surface area (TPSA) is 88.2 Å². The number of ether oxygens (including phenoxy) is 2. The summed E-state index contributed by atoms with van der Waals surface area (Å²) in [5.74, 6) is 0.701. The first-order valence-corrected chi connectivity index (χ1v) is 11.3. The van der Waals surface area contributed by atoms with Crippen molar-refractivity contribution in [1.29, 1.82) is 0 Å². The predicted molar refractivity (Wildman–Crippen MR) is 120 cm³/mol. The normalized spacial score (nSPS) is 18.9. The number of thioether (sulfide) groups is 1. The molecule has 2 saturated heterocycles. The van der Waals surface area contributed by atoms with Gasteiger partial charge in [-0.3, -0.25) is 24.2 Å². The van der Waals surface area contributed by atoms with Crippen LogP contribution in [0.25, 0.3) is 6.08 Å². The van der Waals surface area contributed by atoms with E-state index in [1.54, 1.807) is 31.4 Å². The second kappa shape index (κ2) is 11.2. The number of amides is 3. The maximum absolute atomic E-state index is 12.7. The van der Waals surface area contributed by atoms with Crippen LogP contribution in [0.5, 0.6) is 11.5 Å². The third-order valence-electron chi connectivity index (χ3n) is 5.30. The van der Waals surface area contributed by atoms with E-state index in [-0.39, 0.29) is 30.1 Å². The number of imide groups is 1. The number of nitrogens with zero attached hydrogens (tertiary/aromatic N) is 2. The molecule has 0 unspecified atom stereocenters. The highest BCUT2D eigenvalue weighted by Gasteiger charge is 2.34. The van der Waals surface area contributed by atoms with Crippen LogP contribution in [0.2, 0.25) is 0 Å². The third kappa shape index (κ3) is 6.24. The van der Waals surface area contributed by atoms with E-state index < -0.39 is 0 Å². The third-order valence-corrected chi connectivity index (χ3v) is 6.21. The first kappa shape index (κ1) is 23.1. The molecule has 31 heavy (non-hydrogen) atoms. The molecular formula is C22H29N3O5S. The van der Waals surface area contributed by atoms with Crippen LogP contribution in [0.15, 0.2) is 23.1 Å². The molecule has 168 valence electrons. The minimum Gasteiger partial charge on any atom is -0.493 e. The average Bonchev–Trinajstić information content (AvgIpc) is 2.93. The first-order chi connectivity index (χ1) is 15.0. The van der Waals surface area contributed by atoms with Gasteiger partial charge in [-0.05, 0) is 61.5 Å². The van der Waals surface area contributed by atoms with E-state index in [2.05, 4.69) is 10.2 Å². The molecule has 0 bridgehead atoms. The van der Waals surface area contributed by atoms with Crippen molar-refractivity contribution < 1.29 is 23.9 Å². The Morgan fingerprint density at radius 2 is 1.81 bits per heavy atom. The van der Waals surface area contributed by atoms with Crippen molar-refractivity contribution in [3.05, 3.63) is 28.7 Å². The molecule has 9 heteroatoms. The lowest BCUT2D eigenvalue weighted by atomic mass is 10.2. The maximum Gasteiger partial charge on any atom is 0.293 e. The van der Waals surface area contributed by atoms with Gasteiger partial charge in [-0.15, -0.1) is 0 Å². The molecule has 0 spiro atoms. The van der Waals surface area contributed by atoms with Crippen molar-refractivity contribution in [2.45, 2.75) is 25.7 Å².